The Bertz CT molecular complexity index is 604. The molecule has 0 heterocycles. The lowest BCUT2D eigenvalue weighted by molar-refractivity contribution is 0.138. The molecule has 1 aromatic rings. The van der Waals surface area contributed by atoms with Crippen LogP contribution >= 0.6 is 24.0 Å². The van der Waals surface area contributed by atoms with Gasteiger partial charge in [0.25, 0.3) is 0 Å². The quantitative estimate of drug-likeness (QED) is 0.267. The first-order valence-corrected chi connectivity index (χ1v) is 10.4. The van der Waals surface area contributed by atoms with Crippen LogP contribution in [0.2, 0.25) is 0 Å². The molecule has 29 heavy (non-hydrogen) atoms. The summed E-state index contributed by atoms with van der Waals surface area (Å²) in [5, 5.41) is 6.97. The van der Waals surface area contributed by atoms with Crippen LogP contribution in [-0.4, -0.2) is 65.4 Å². The first-order valence-electron chi connectivity index (χ1n) is 10.4. The maximum Gasteiger partial charge on any atom is 0.191 e. The van der Waals surface area contributed by atoms with E-state index in [0.717, 1.165) is 44.4 Å². The number of benzene rings is 1. The molecule has 0 aliphatic heterocycles. The summed E-state index contributed by atoms with van der Waals surface area (Å²) >= 11 is 0. The summed E-state index contributed by atoms with van der Waals surface area (Å²) in [5.74, 6) is 1.76. The SMILES string of the molecule is CN=C(NCc1cccc(OCCN(C)C)c1)NCC1(CCOC)CCCC1.I. The lowest BCUT2D eigenvalue weighted by Crippen LogP contribution is -2.43. The van der Waals surface area contributed by atoms with Gasteiger partial charge < -0.3 is 25.0 Å². The van der Waals surface area contributed by atoms with E-state index in [1.807, 2.05) is 33.3 Å². The van der Waals surface area contributed by atoms with E-state index in [1.165, 1.54) is 31.2 Å². The minimum atomic E-state index is 0. The third-order valence-corrected chi connectivity index (χ3v) is 5.52. The van der Waals surface area contributed by atoms with E-state index in [9.17, 15) is 0 Å². The maximum absolute atomic E-state index is 5.83. The Labute approximate surface area is 193 Å². The molecule has 0 bridgehead atoms. The Morgan fingerprint density at radius 3 is 2.59 bits per heavy atom. The van der Waals surface area contributed by atoms with E-state index in [0.29, 0.717) is 12.0 Å². The van der Waals surface area contributed by atoms with E-state index >= 15 is 0 Å². The fraction of sp³-hybridized carbons (Fsp3) is 0.682. The molecule has 1 aliphatic carbocycles. The van der Waals surface area contributed by atoms with Crippen molar-refractivity contribution in [3.8, 4) is 5.75 Å². The summed E-state index contributed by atoms with van der Waals surface area (Å²) < 4.78 is 11.2. The van der Waals surface area contributed by atoms with Crippen LogP contribution in [0.3, 0.4) is 0 Å². The van der Waals surface area contributed by atoms with Gasteiger partial charge in [-0.1, -0.05) is 25.0 Å². The molecule has 2 N–H and O–H groups in total. The van der Waals surface area contributed by atoms with Crippen LogP contribution < -0.4 is 15.4 Å². The molecule has 1 aliphatic rings. The fourth-order valence-electron chi connectivity index (χ4n) is 3.73. The summed E-state index contributed by atoms with van der Waals surface area (Å²) in [4.78, 5) is 6.51. The molecular weight excluding hydrogens is 479 g/mol. The number of likely N-dealkylation sites (N-methyl/N-ethyl adjacent to an activating group) is 1. The second-order valence-electron chi connectivity index (χ2n) is 8.03. The summed E-state index contributed by atoms with van der Waals surface area (Å²) in [6.07, 6.45) is 6.29. The molecule has 1 aromatic carbocycles. The number of hydrogen-bond donors (Lipinski definition) is 2. The molecule has 0 radical (unpaired) electrons. The van der Waals surface area contributed by atoms with Crippen molar-refractivity contribution < 1.29 is 9.47 Å². The maximum atomic E-state index is 5.83. The minimum absolute atomic E-state index is 0. The van der Waals surface area contributed by atoms with Crippen molar-refractivity contribution in [2.24, 2.45) is 10.4 Å². The van der Waals surface area contributed by atoms with Crippen molar-refractivity contribution in [2.75, 3.05) is 54.6 Å². The molecule has 2 rings (SSSR count). The third kappa shape index (κ3) is 9.53. The Morgan fingerprint density at radius 2 is 1.93 bits per heavy atom. The van der Waals surface area contributed by atoms with Crippen molar-refractivity contribution in [3.05, 3.63) is 29.8 Å². The number of halogens is 1. The van der Waals surface area contributed by atoms with E-state index < -0.39 is 0 Å². The van der Waals surface area contributed by atoms with E-state index in [2.05, 4.69) is 32.7 Å². The van der Waals surface area contributed by atoms with Gasteiger partial charge in [-0.05, 0) is 56.5 Å². The summed E-state index contributed by atoms with van der Waals surface area (Å²) in [5.41, 5.74) is 1.52. The number of hydrogen-bond acceptors (Lipinski definition) is 4. The van der Waals surface area contributed by atoms with Gasteiger partial charge in [-0.25, -0.2) is 0 Å². The summed E-state index contributed by atoms with van der Waals surface area (Å²) in [7, 11) is 7.71. The lowest BCUT2D eigenvalue weighted by atomic mass is 9.83. The average molecular weight is 518 g/mol. The van der Waals surface area contributed by atoms with E-state index in [-0.39, 0.29) is 24.0 Å². The fourth-order valence-corrected chi connectivity index (χ4v) is 3.73. The van der Waals surface area contributed by atoms with Crippen molar-refractivity contribution in [1.29, 1.82) is 0 Å². The van der Waals surface area contributed by atoms with Gasteiger partial charge in [-0.2, -0.15) is 0 Å². The van der Waals surface area contributed by atoms with Gasteiger partial charge in [-0.15, -0.1) is 24.0 Å². The normalized spacial score (nSPS) is 15.8. The molecule has 0 atom stereocenters. The molecule has 0 amide bonds. The largest absolute Gasteiger partial charge is 0.492 e. The van der Waals surface area contributed by atoms with Crippen LogP contribution in [0.15, 0.2) is 29.3 Å². The Kier molecular flexibility index (Phi) is 12.6. The highest BCUT2D eigenvalue weighted by molar-refractivity contribution is 14.0. The van der Waals surface area contributed by atoms with Gasteiger partial charge in [0.2, 0.25) is 0 Å². The average Bonchev–Trinajstić information content (AvgIpc) is 3.16. The number of ether oxygens (including phenoxy) is 2. The number of aliphatic imine (C=N–C) groups is 1. The van der Waals surface area contributed by atoms with Crippen LogP contribution in [0.4, 0.5) is 0 Å². The van der Waals surface area contributed by atoms with Crippen molar-refractivity contribution >= 4 is 29.9 Å². The molecule has 0 unspecified atom stereocenters. The van der Waals surface area contributed by atoms with Crippen molar-refractivity contribution in [2.45, 2.75) is 38.6 Å². The predicted molar refractivity (Wildman–Crippen MR) is 132 cm³/mol. The number of nitrogens with zero attached hydrogens (tertiary/aromatic N) is 2. The number of methoxy groups -OCH3 is 1. The third-order valence-electron chi connectivity index (χ3n) is 5.52. The second kappa shape index (κ2) is 14.0. The number of nitrogens with one attached hydrogen (secondary N) is 2. The first-order chi connectivity index (χ1) is 13.6. The van der Waals surface area contributed by atoms with Gasteiger partial charge in [0, 0.05) is 40.4 Å². The zero-order valence-electron chi connectivity index (χ0n) is 18.5. The van der Waals surface area contributed by atoms with Gasteiger partial charge >= 0.3 is 0 Å². The highest BCUT2D eigenvalue weighted by Gasteiger charge is 2.33. The Hall–Kier alpha value is -1.06. The highest BCUT2D eigenvalue weighted by Crippen LogP contribution is 2.40. The first kappa shape index (κ1) is 26.0. The van der Waals surface area contributed by atoms with Gasteiger partial charge in [0.05, 0.1) is 0 Å². The van der Waals surface area contributed by atoms with Crippen LogP contribution in [0, 0.1) is 5.41 Å². The molecule has 6 nitrogen and oxygen atoms in total. The molecule has 0 spiro atoms. The minimum Gasteiger partial charge on any atom is -0.492 e. The van der Waals surface area contributed by atoms with E-state index in [1.54, 1.807) is 7.11 Å². The topological polar surface area (TPSA) is 58.1 Å². The van der Waals surface area contributed by atoms with E-state index in [4.69, 9.17) is 9.47 Å². The van der Waals surface area contributed by atoms with Crippen LogP contribution in [0.25, 0.3) is 0 Å². The Balaban J connectivity index is 0.00000420. The highest BCUT2D eigenvalue weighted by atomic mass is 127. The molecule has 1 saturated carbocycles. The molecule has 166 valence electrons. The van der Waals surface area contributed by atoms with Crippen molar-refractivity contribution in [3.63, 3.8) is 0 Å². The molecule has 0 saturated heterocycles. The zero-order valence-corrected chi connectivity index (χ0v) is 20.8. The molecule has 7 heteroatoms. The number of rotatable bonds is 11. The molecule has 0 aromatic heterocycles. The van der Waals surface area contributed by atoms with Crippen LogP contribution in [0.1, 0.15) is 37.7 Å². The Morgan fingerprint density at radius 1 is 1.17 bits per heavy atom. The van der Waals surface area contributed by atoms with Gasteiger partial charge in [-0.3, -0.25) is 4.99 Å². The second-order valence-corrected chi connectivity index (χ2v) is 8.03. The standard InChI is InChI=1S/C22H38N4O2.HI/c1-23-21(25-18-22(12-14-27-4)10-5-6-11-22)24-17-19-8-7-9-20(16-19)28-15-13-26(2)3;/h7-9,16H,5-6,10-15,17-18H2,1-4H3,(H2,23,24,25);1H. The molecular formula is C22H39IN4O2. The van der Waals surface area contributed by atoms with Gasteiger partial charge in [0.15, 0.2) is 5.96 Å². The van der Waals surface area contributed by atoms with Gasteiger partial charge in [0.1, 0.15) is 12.4 Å². The smallest absolute Gasteiger partial charge is 0.191 e. The lowest BCUT2D eigenvalue weighted by Gasteiger charge is -2.30. The number of guanidine groups is 1. The molecule has 1 fully saturated rings. The zero-order chi connectivity index (χ0) is 20.2. The summed E-state index contributed by atoms with van der Waals surface area (Å²) in [6.45, 7) is 4.09. The van der Waals surface area contributed by atoms with Crippen LogP contribution in [0.5, 0.6) is 5.75 Å². The monoisotopic (exact) mass is 518 g/mol. The summed E-state index contributed by atoms with van der Waals surface area (Å²) in [6, 6.07) is 8.24. The predicted octanol–water partition coefficient (Wildman–Crippen LogP) is 3.51. The van der Waals surface area contributed by atoms with Crippen LogP contribution in [-0.2, 0) is 11.3 Å². The van der Waals surface area contributed by atoms with Crippen molar-refractivity contribution in [1.82, 2.24) is 15.5 Å².